The highest BCUT2D eigenvalue weighted by Gasteiger charge is 2.33. The first-order valence-corrected chi connectivity index (χ1v) is 9.11. The summed E-state index contributed by atoms with van der Waals surface area (Å²) < 4.78 is 24.6. The summed E-state index contributed by atoms with van der Waals surface area (Å²) >= 11 is 0. The van der Waals surface area contributed by atoms with Gasteiger partial charge in [-0.1, -0.05) is 0 Å². The van der Waals surface area contributed by atoms with Crippen LogP contribution in [0.15, 0.2) is 0 Å². The number of aliphatic hydroxyl groups is 1. The van der Waals surface area contributed by atoms with Crippen LogP contribution < -0.4 is 0 Å². The molecule has 1 amide bonds. The average Bonchev–Trinajstić information content (AvgIpc) is 2.46. The number of rotatable bonds is 3. The van der Waals surface area contributed by atoms with Crippen molar-refractivity contribution in [3.63, 3.8) is 0 Å². The number of carbonyl (C=O) groups is 1. The molecule has 0 aromatic rings. The minimum Gasteiger partial charge on any atom is -0.396 e. The van der Waals surface area contributed by atoms with Crippen molar-refractivity contribution in [2.75, 3.05) is 39.0 Å². The van der Waals surface area contributed by atoms with Gasteiger partial charge in [0.2, 0.25) is 15.9 Å². The molecule has 0 aliphatic carbocycles. The third-order valence-electron chi connectivity index (χ3n) is 4.39. The van der Waals surface area contributed by atoms with Gasteiger partial charge in [-0.25, -0.2) is 12.7 Å². The van der Waals surface area contributed by atoms with Gasteiger partial charge >= 0.3 is 0 Å². The topological polar surface area (TPSA) is 77.9 Å². The molecule has 2 saturated heterocycles. The molecule has 0 bridgehead atoms. The largest absolute Gasteiger partial charge is 0.396 e. The van der Waals surface area contributed by atoms with E-state index in [1.807, 2.05) is 4.90 Å². The standard InChI is InChI=1S/C13H24N2O4S/c1-20(18,19)15-6-2-3-12(9-15)13(17)14-7-4-11(10-16)5-8-14/h11-12,16H,2-10H2,1H3. The molecule has 0 saturated carbocycles. The van der Waals surface area contributed by atoms with Crippen molar-refractivity contribution in [2.24, 2.45) is 11.8 Å². The quantitative estimate of drug-likeness (QED) is 0.789. The molecule has 0 aromatic heterocycles. The van der Waals surface area contributed by atoms with Crippen LogP contribution in [0.4, 0.5) is 0 Å². The zero-order valence-corrected chi connectivity index (χ0v) is 12.8. The van der Waals surface area contributed by atoms with Gasteiger partial charge in [0.1, 0.15) is 0 Å². The Labute approximate surface area is 120 Å². The molecule has 0 radical (unpaired) electrons. The predicted molar refractivity (Wildman–Crippen MR) is 75.5 cm³/mol. The lowest BCUT2D eigenvalue weighted by Gasteiger charge is -2.36. The van der Waals surface area contributed by atoms with Gasteiger partial charge in [0, 0.05) is 32.8 Å². The fourth-order valence-corrected chi connectivity index (χ4v) is 3.95. The molecular weight excluding hydrogens is 280 g/mol. The molecule has 2 aliphatic rings. The maximum absolute atomic E-state index is 12.5. The summed E-state index contributed by atoms with van der Waals surface area (Å²) in [6.45, 7) is 2.39. The molecule has 1 unspecified atom stereocenters. The van der Waals surface area contributed by atoms with E-state index in [9.17, 15) is 13.2 Å². The zero-order chi connectivity index (χ0) is 14.8. The van der Waals surface area contributed by atoms with Gasteiger partial charge in [-0.3, -0.25) is 4.79 Å². The fourth-order valence-electron chi connectivity index (χ4n) is 3.04. The SMILES string of the molecule is CS(=O)(=O)N1CCCC(C(=O)N2CCC(CO)CC2)C1. The molecule has 116 valence electrons. The van der Waals surface area contributed by atoms with Crippen LogP contribution in [0.2, 0.25) is 0 Å². The van der Waals surface area contributed by atoms with Crippen molar-refractivity contribution in [1.82, 2.24) is 9.21 Å². The van der Waals surface area contributed by atoms with E-state index in [1.54, 1.807) is 0 Å². The van der Waals surface area contributed by atoms with E-state index >= 15 is 0 Å². The number of piperidine rings is 2. The second-order valence-corrected chi connectivity index (χ2v) is 7.89. The fraction of sp³-hybridized carbons (Fsp3) is 0.923. The van der Waals surface area contributed by atoms with E-state index in [4.69, 9.17) is 5.11 Å². The van der Waals surface area contributed by atoms with Gasteiger partial charge < -0.3 is 10.0 Å². The molecule has 20 heavy (non-hydrogen) atoms. The van der Waals surface area contributed by atoms with Crippen molar-refractivity contribution in [1.29, 1.82) is 0 Å². The van der Waals surface area contributed by atoms with Crippen molar-refractivity contribution >= 4 is 15.9 Å². The lowest BCUT2D eigenvalue weighted by atomic mass is 9.94. The minimum absolute atomic E-state index is 0.0785. The number of hydrogen-bond acceptors (Lipinski definition) is 4. The molecule has 6 nitrogen and oxygen atoms in total. The van der Waals surface area contributed by atoms with Gasteiger partial charge in [0.15, 0.2) is 0 Å². The van der Waals surface area contributed by atoms with Crippen LogP contribution in [0.25, 0.3) is 0 Å². The monoisotopic (exact) mass is 304 g/mol. The summed E-state index contributed by atoms with van der Waals surface area (Å²) in [6, 6.07) is 0. The summed E-state index contributed by atoms with van der Waals surface area (Å²) in [5, 5.41) is 9.11. The van der Waals surface area contributed by atoms with Crippen LogP contribution in [0.5, 0.6) is 0 Å². The molecule has 2 rings (SSSR count). The number of hydrogen-bond donors (Lipinski definition) is 1. The number of sulfonamides is 1. The van der Waals surface area contributed by atoms with Crippen molar-refractivity contribution in [3.8, 4) is 0 Å². The highest BCUT2D eigenvalue weighted by molar-refractivity contribution is 7.88. The Kier molecular flexibility index (Phi) is 5.04. The molecule has 0 spiro atoms. The van der Waals surface area contributed by atoms with E-state index < -0.39 is 10.0 Å². The van der Waals surface area contributed by atoms with Crippen molar-refractivity contribution < 1.29 is 18.3 Å². The number of carbonyl (C=O) groups excluding carboxylic acids is 1. The lowest BCUT2D eigenvalue weighted by molar-refractivity contribution is -0.138. The lowest BCUT2D eigenvalue weighted by Crippen LogP contribution is -2.48. The van der Waals surface area contributed by atoms with Gasteiger partial charge in [0.25, 0.3) is 0 Å². The van der Waals surface area contributed by atoms with Gasteiger partial charge in [-0.15, -0.1) is 0 Å². The van der Waals surface area contributed by atoms with Crippen LogP contribution >= 0.6 is 0 Å². The van der Waals surface area contributed by atoms with Crippen LogP contribution in [0, 0.1) is 11.8 Å². The van der Waals surface area contributed by atoms with E-state index in [0.29, 0.717) is 32.1 Å². The molecule has 7 heteroatoms. The summed E-state index contributed by atoms with van der Waals surface area (Å²) in [5.74, 6) is 0.178. The molecule has 2 aliphatic heterocycles. The second-order valence-electron chi connectivity index (χ2n) is 5.91. The number of likely N-dealkylation sites (tertiary alicyclic amines) is 1. The van der Waals surface area contributed by atoms with E-state index in [2.05, 4.69) is 0 Å². The van der Waals surface area contributed by atoms with E-state index in [0.717, 1.165) is 25.7 Å². The third-order valence-corrected chi connectivity index (χ3v) is 5.66. The number of amides is 1. The molecular formula is C13H24N2O4S. The number of nitrogens with zero attached hydrogens (tertiary/aromatic N) is 2. The Morgan fingerprint density at radius 1 is 1.20 bits per heavy atom. The molecule has 0 aromatic carbocycles. The van der Waals surface area contributed by atoms with Crippen LogP contribution in [0.3, 0.4) is 0 Å². The predicted octanol–water partition coefficient (Wildman–Crippen LogP) is -0.111. The first kappa shape index (κ1) is 15.7. The molecule has 1 N–H and O–H groups in total. The maximum atomic E-state index is 12.5. The Balaban J connectivity index is 1.92. The highest BCUT2D eigenvalue weighted by atomic mass is 32.2. The third kappa shape index (κ3) is 3.71. The van der Waals surface area contributed by atoms with Gasteiger partial charge in [0.05, 0.1) is 12.2 Å². The normalized spacial score (nSPS) is 26.7. The van der Waals surface area contributed by atoms with Crippen LogP contribution in [-0.4, -0.2) is 67.7 Å². The summed E-state index contributed by atoms with van der Waals surface area (Å²) in [7, 11) is -3.21. The molecule has 1 atom stereocenters. The number of aliphatic hydroxyl groups excluding tert-OH is 1. The van der Waals surface area contributed by atoms with Crippen LogP contribution in [-0.2, 0) is 14.8 Å². The van der Waals surface area contributed by atoms with Crippen LogP contribution in [0.1, 0.15) is 25.7 Å². The Morgan fingerprint density at radius 2 is 1.85 bits per heavy atom. The smallest absolute Gasteiger partial charge is 0.227 e. The summed E-state index contributed by atoms with van der Waals surface area (Å²) in [4.78, 5) is 14.3. The Hall–Kier alpha value is -0.660. The first-order valence-electron chi connectivity index (χ1n) is 7.26. The Bertz CT molecular complexity index is 443. The van der Waals surface area contributed by atoms with Gasteiger partial charge in [-0.2, -0.15) is 0 Å². The maximum Gasteiger partial charge on any atom is 0.227 e. The highest BCUT2D eigenvalue weighted by Crippen LogP contribution is 2.24. The zero-order valence-electron chi connectivity index (χ0n) is 12.0. The molecule has 2 heterocycles. The second kappa shape index (κ2) is 6.41. The van der Waals surface area contributed by atoms with E-state index in [1.165, 1.54) is 10.6 Å². The minimum atomic E-state index is -3.21. The average molecular weight is 304 g/mol. The summed E-state index contributed by atoms with van der Waals surface area (Å²) in [6.07, 6.45) is 4.39. The molecule has 2 fully saturated rings. The summed E-state index contributed by atoms with van der Waals surface area (Å²) in [5.41, 5.74) is 0. The van der Waals surface area contributed by atoms with Gasteiger partial charge in [-0.05, 0) is 31.6 Å². The first-order chi connectivity index (χ1) is 9.41. The Morgan fingerprint density at radius 3 is 2.40 bits per heavy atom. The van der Waals surface area contributed by atoms with E-state index in [-0.39, 0.29) is 18.4 Å². The van der Waals surface area contributed by atoms with Crippen molar-refractivity contribution in [3.05, 3.63) is 0 Å². The van der Waals surface area contributed by atoms with Crippen molar-refractivity contribution in [2.45, 2.75) is 25.7 Å².